The number of rotatable bonds is 4. The molecule has 2 heterocycles. The highest BCUT2D eigenvalue weighted by Gasteiger charge is 2.21. The molecule has 0 unspecified atom stereocenters. The van der Waals surface area contributed by atoms with Gasteiger partial charge in [0.05, 0.1) is 12.2 Å². The second-order valence-corrected chi connectivity index (χ2v) is 5.82. The molecule has 0 radical (unpaired) electrons. The molecule has 0 spiro atoms. The summed E-state index contributed by atoms with van der Waals surface area (Å²) in [5.74, 6) is 1.27. The summed E-state index contributed by atoms with van der Waals surface area (Å²) >= 11 is 0. The van der Waals surface area contributed by atoms with Crippen molar-refractivity contribution >= 4 is 11.4 Å². The molecule has 0 atom stereocenters. The molecule has 2 aromatic carbocycles. The van der Waals surface area contributed by atoms with Crippen LogP contribution in [0.2, 0.25) is 0 Å². The predicted octanol–water partition coefficient (Wildman–Crippen LogP) is 3.74. The largest absolute Gasteiger partial charge is 0.457 e. The highest BCUT2D eigenvalue weighted by Crippen LogP contribution is 2.29. The summed E-state index contributed by atoms with van der Waals surface area (Å²) < 4.78 is 5.68. The van der Waals surface area contributed by atoms with Crippen molar-refractivity contribution in [3.05, 3.63) is 89.4 Å². The van der Waals surface area contributed by atoms with Crippen molar-refractivity contribution in [1.82, 2.24) is 0 Å². The maximum absolute atomic E-state index is 9.21. The van der Waals surface area contributed by atoms with Gasteiger partial charge >= 0.3 is 0 Å². The fourth-order valence-corrected chi connectivity index (χ4v) is 2.96. The Bertz CT molecular complexity index is 868. The number of hydrazone groups is 1. The number of hydrogen-bond donors (Lipinski definition) is 1. The highest BCUT2D eigenvalue weighted by molar-refractivity contribution is 6.02. The van der Waals surface area contributed by atoms with Crippen LogP contribution in [-0.4, -0.2) is 10.8 Å². The van der Waals surface area contributed by atoms with Crippen molar-refractivity contribution in [1.29, 1.82) is 0 Å². The SMILES string of the molecule is OCc1ccc(C2=NN(Cc3ccccc3)c3ccccc3C2)o1. The number of benzene rings is 2. The van der Waals surface area contributed by atoms with E-state index in [1.54, 1.807) is 6.07 Å². The van der Waals surface area contributed by atoms with Crippen LogP contribution in [0.1, 0.15) is 22.6 Å². The van der Waals surface area contributed by atoms with Crippen molar-refractivity contribution in [2.45, 2.75) is 19.6 Å². The maximum Gasteiger partial charge on any atom is 0.150 e. The summed E-state index contributed by atoms with van der Waals surface area (Å²) in [4.78, 5) is 0. The number of anilines is 1. The third kappa shape index (κ3) is 2.84. The monoisotopic (exact) mass is 318 g/mol. The minimum absolute atomic E-state index is 0.0996. The van der Waals surface area contributed by atoms with Gasteiger partial charge in [0.25, 0.3) is 0 Å². The van der Waals surface area contributed by atoms with Gasteiger partial charge in [0, 0.05) is 6.42 Å². The second-order valence-electron chi connectivity index (χ2n) is 5.82. The fourth-order valence-electron chi connectivity index (χ4n) is 2.96. The van der Waals surface area contributed by atoms with E-state index in [1.165, 1.54) is 11.1 Å². The molecule has 24 heavy (non-hydrogen) atoms. The molecule has 1 N–H and O–H groups in total. The number of hydrogen-bond acceptors (Lipinski definition) is 4. The first-order chi connectivity index (χ1) is 11.8. The van der Waals surface area contributed by atoms with Crippen molar-refractivity contribution in [3.8, 4) is 0 Å². The smallest absolute Gasteiger partial charge is 0.150 e. The molecule has 0 aliphatic carbocycles. The summed E-state index contributed by atoms with van der Waals surface area (Å²) in [6.45, 7) is 0.604. The van der Waals surface area contributed by atoms with Crippen LogP contribution >= 0.6 is 0 Å². The fraction of sp³-hybridized carbons (Fsp3) is 0.150. The first-order valence-corrected chi connectivity index (χ1v) is 8.00. The third-order valence-corrected chi connectivity index (χ3v) is 4.15. The lowest BCUT2D eigenvalue weighted by molar-refractivity contribution is 0.246. The molecule has 0 saturated heterocycles. The van der Waals surface area contributed by atoms with Gasteiger partial charge in [-0.25, -0.2) is 0 Å². The number of aliphatic hydroxyl groups excluding tert-OH is 1. The van der Waals surface area contributed by atoms with E-state index in [4.69, 9.17) is 9.52 Å². The van der Waals surface area contributed by atoms with Gasteiger partial charge in [-0.15, -0.1) is 0 Å². The molecule has 0 amide bonds. The summed E-state index contributed by atoms with van der Waals surface area (Å²) in [5.41, 5.74) is 4.43. The van der Waals surface area contributed by atoms with E-state index in [2.05, 4.69) is 24.3 Å². The third-order valence-electron chi connectivity index (χ3n) is 4.15. The van der Waals surface area contributed by atoms with Crippen molar-refractivity contribution in [2.75, 3.05) is 5.01 Å². The van der Waals surface area contributed by atoms with E-state index in [0.29, 0.717) is 18.1 Å². The zero-order valence-electron chi connectivity index (χ0n) is 13.2. The van der Waals surface area contributed by atoms with E-state index in [-0.39, 0.29) is 6.61 Å². The van der Waals surface area contributed by atoms with Gasteiger partial charge in [-0.05, 0) is 29.3 Å². The van der Waals surface area contributed by atoms with Gasteiger partial charge < -0.3 is 9.52 Å². The van der Waals surface area contributed by atoms with Crippen molar-refractivity contribution < 1.29 is 9.52 Å². The topological polar surface area (TPSA) is 49.0 Å². The molecule has 4 rings (SSSR count). The number of fused-ring (bicyclic) bond motifs is 1. The Kier molecular flexibility index (Phi) is 3.89. The van der Waals surface area contributed by atoms with E-state index in [1.807, 2.05) is 41.4 Å². The van der Waals surface area contributed by atoms with Crippen LogP contribution in [0, 0.1) is 0 Å². The van der Waals surface area contributed by atoms with Gasteiger partial charge in [0.2, 0.25) is 0 Å². The van der Waals surface area contributed by atoms with Gasteiger partial charge in [0.15, 0.2) is 5.76 Å². The molecule has 0 bridgehead atoms. The molecular weight excluding hydrogens is 300 g/mol. The number of para-hydroxylation sites is 1. The van der Waals surface area contributed by atoms with Crippen LogP contribution in [0.3, 0.4) is 0 Å². The quantitative estimate of drug-likeness (QED) is 0.797. The zero-order valence-corrected chi connectivity index (χ0v) is 13.2. The van der Waals surface area contributed by atoms with Gasteiger partial charge in [-0.1, -0.05) is 48.5 Å². The lowest BCUT2D eigenvalue weighted by Crippen LogP contribution is -2.25. The predicted molar refractivity (Wildman–Crippen MR) is 93.9 cm³/mol. The first kappa shape index (κ1) is 14.7. The average Bonchev–Trinajstić information content (AvgIpc) is 3.12. The molecule has 3 aromatic rings. The van der Waals surface area contributed by atoms with Crippen LogP contribution in [0.5, 0.6) is 0 Å². The zero-order chi connectivity index (χ0) is 16.4. The second kappa shape index (κ2) is 6.34. The van der Waals surface area contributed by atoms with Crippen LogP contribution in [0.15, 0.2) is 76.2 Å². The lowest BCUT2D eigenvalue weighted by atomic mass is 10.0. The Morgan fingerprint density at radius 3 is 2.54 bits per heavy atom. The van der Waals surface area contributed by atoms with Gasteiger partial charge in [0.1, 0.15) is 18.1 Å². The molecular formula is C20H18N2O2. The molecule has 4 heteroatoms. The lowest BCUT2D eigenvalue weighted by Gasteiger charge is -2.27. The van der Waals surface area contributed by atoms with Crippen molar-refractivity contribution in [2.24, 2.45) is 5.10 Å². The van der Waals surface area contributed by atoms with Crippen LogP contribution in [-0.2, 0) is 19.6 Å². The highest BCUT2D eigenvalue weighted by atomic mass is 16.4. The molecule has 0 saturated carbocycles. The first-order valence-electron chi connectivity index (χ1n) is 8.00. The Morgan fingerprint density at radius 2 is 1.75 bits per heavy atom. The molecule has 4 nitrogen and oxygen atoms in total. The maximum atomic E-state index is 9.21. The summed E-state index contributed by atoms with van der Waals surface area (Å²) in [7, 11) is 0. The van der Waals surface area contributed by atoms with E-state index in [0.717, 1.165) is 17.8 Å². The molecule has 1 aliphatic heterocycles. The number of furan rings is 1. The van der Waals surface area contributed by atoms with E-state index >= 15 is 0 Å². The Hall–Kier alpha value is -2.85. The standard InChI is InChI=1S/C20H18N2O2/c23-14-17-10-11-20(24-17)18-12-16-8-4-5-9-19(16)22(21-18)13-15-6-2-1-3-7-15/h1-11,23H,12-14H2. The minimum Gasteiger partial charge on any atom is -0.457 e. The van der Waals surface area contributed by atoms with Crippen LogP contribution in [0.4, 0.5) is 5.69 Å². The van der Waals surface area contributed by atoms with Crippen LogP contribution < -0.4 is 5.01 Å². The Morgan fingerprint density at radius 1 is 0.958 bits per heavy atom. The Balaban J connectivity index is 1.71. The minimum atomic E-state index is -0.0996. The summed E-state index contributed by atoms with van der Waals surface area (Å²) in [6.07, 6.45) is 0.722. The van der Waals surface area contributed by atoms with Crippen molar-refractivity contribution in [3.63, 3.8) is 0 Å². The van der Waals surface area contributed by atoms with E-state index in [9.17, 15) is 5.11 Å². The normalized spacial score (nSPS) is 13.5. The molecule has 120 valence electrons. The summed E-state index contributed by atoms with van der Waals surface area (Å²) in [6, 6.07) is 22.3. The number of nitrogens with zero attached hydrogens (tertiary/aromatic N) is 2. The van der Waals surface area contributed by atoms with Gasteiger partial charge in [-0.3, -0.25) is 5.01 Å². The molecule has 1 aliphatic rings. The molecule has 1 aromatic heterocycles. The summed E-state index contributed by atoms with van der Waals surface area (Å²) in [5, 5.41) is 16.0. The van der Waals surface area contributed by atoms with Gasteiger partial charge in [-0.2, -0.15) is 5.10 Å². The number of aliphatic hydroxyl groups is 1. The van der Waals surface area contributed by atoms with E-state index < -0.39 is 0 Å². The Labute approximate surface area is 140 Å². The molecule has 0 fully saturated rings. The average molecular weight is 318 g/mol. The van der Waals surface area contributed by atoms with Crippen LogP contribution in [0.25, 0.3) is 0 Å².